The van der Waals surface area contributed by atoms with E-state index in [0.29, 0.717) is 0 Å². The topological polar surface area (TPSA) is 21.3 Å². The van der Waals surface area contributed by atoms with Crippen LogP contribution in [0.4, 0.5) is 0 Å². The van der Waals surface area contributed by atoms with E-state index in [2.05, 4.69) is 36.5 Å². The molecule has 0 aliphatic heterocycles. The standard InChI is InChI=1S/C22H37NO/c1-2-3-4-5-6-10-16-24-22-15-11-14-21(17-22)19-23-18-20-12-8-7-9-13-20/h11,14-15,17,20,23H,2-10,12-13,16,18-19H2,1H3. The Balaban J connectivity index is 1.58. The molecule has 0 bridgehead atoms. The molecule has 0 aromatic heterocycles. The molecule has 1 fully saturated rings. The van der Waals surface area contributed by atoms with Gasteiger partial charge in [0.05, 0.1) is 6.61 Å². The quantitative estimate of drug-likeness (QED) is 0.467. The predicted molar refractivity (Wildman–Crippen MR) is 104 cm³/mol. The molecule has 2 rings (SSSR count). The average molecular weight is 332 g/mol. The summed E-state index contributed by atoms with van der Waals surface area (Å²) in [5, 5.41) is 3.64. The van der Waals surface area contributed by atoms with Gasteiger partial charge in [0.1, 0.15) is 5.75 Å². The Labute approximate surface area is 149 Å². The van der Waals surface area contributed by atoms with Crippen LogP contribution in [0.5, 0.6) is 5.75 Å². The van der Waals surface area contributed by atoms with E-state index in [0.717, 1.165) is 24.8 Å². The monoisotopic (exact) mass is 331 g/mol. The fourth-order valence-corrected chi connectivity index (χ4v) is 3.63. The maximum absolute atomic E-state index is 5.92. The van der Waals surface area contributed by atoms with Gasteiger partial charge in [-0.2, -0.15) is 0 Å². The van der Waals surface area contributed by atoms with Gasteiger partial charge in [0, 0.05) is 6.54 Å². The second-order valence-electron chi connectivity index (χ2n) is 7.40. The molecule has 0 saturated heterocycles. The molecule has 0 heterocycles. The summed E-state index contributed by atoms with van der Waals surface area (Å²) in [6, 6.07) is 8.60. The van der Waals surface area contributed by atoms with Crippen molar-refractivity contribution in [2.45, 2.75) is 84.1 Å². The van der Waals surface area contributed by atoms with E-state index in [4.69, 9.17) is 4.74 Å². The third kappa shape index (κ3) is 8.19. The molecular formula is C22H37NO. The zero-order valence-electron chi connectivity index (χ0n) is 15.7. The molecule has 1 aliphatic rings. The van der Waals surface area contributed by atoms with E-state index in [9.17, 15) is 0 Å². The van der Waals surface area contributed by atoms with Gasteiger partial charge in [0.25, 0.3) is 0 Å². The third-order valence-electron chi connectivity index (χ3n) is 5.15. The predicted octanol–water partition coefficient (Wildman–Crippen LogP) is 6.10. The highest BCUT2D eigenvalue weighted by Crippen LogP contribution is 2.23. The molecular weight excluding hydrogens is 294 g/mol. The molecule has 0 atom stereocenters. The molecule has 1 saturated carbocycles. The third-order valence-corrected chi connectivity index (χ3v) is 5.15. The van der Waals surface area contributed by atoms with Crippen molar-refractivity contribution in [1.82, 2.24) is 5.32 Å². The van der Waals surface area contributed by atoms with Gasteiger partial charge < -0.3 is 10.1 Å². The van der Waals surface area contributed by atoms with E-state index >= 15 is 0 Å². The van der Waals surface area contributed by atoms with Crippen molar-refractivity contribution in [3.8, 4) is 5.75 Å². The van der Waals surface area contributed by atoms with Gasteiger partial charge in [-0.05, 0) is 49.4 Å². The van der Waals surface area contributed by atoms with Gasteiger partial charge in [-0.25, -0.2) is 0 Å². The zero-order chi connectivity index (χ0) is 16.9. The van der Waals surface area contributed by atoms with Crippen molar-refractivity contribution in [3.05, 3.63) is 29.8 Å². The Morgan fingerprint density at radius 3 is 2.62 bits per heavy atom. The van der Waals surface area contributed by atoms with Crippen molar-refractivity contribution < 1.29 is 4.74 Å². The number of hydrogen-bond acceptors (Lipinski definition) is 2. The minimum absolute atomic E-state index is 0.852. The van der Waals surface area contributed by atoms with E-state index < -0.39 is 0 Å². The van der Waals surface area contributed by atoms with Crippen LogP contribution in [0, 0.1) is 5.92 Å². The number of unbranched alkanes of at least 4 members (excludes halogenated alkanes) is 5. The number of ether oxygens (including phenoxy) is 1. The van der Waals surface area contributed by atoms with Crippen LogP contribution < -0.4 is 10.1 Å². The summed E-state index contributed by atoms with van der Waals surface area (Å²) in [7, 11) is 0. The largest absolute Gasteiger partial charge is 0.494 e. The maximum atomic E-state index is 5.92. The van der Waals surface area contributed by atoms with Crippen LogP contribution in [-0.2, 0) is 6.54 Å². The van der Waals surface area contributed by atoms with Gasteiger partial charge >= 0.3 is 0 Å². The molecule has 1 N–H and O–H groups in total. The summed E-state index contributed by atoms with van der Waals surface area (Å²) >= 11 is 0. The molecule has 1 aromatic rings. The van der Waals surface area contributed by atoms with Crippen LogP contribution in [0.25, 0.3) is 0 Å². The van der Waals surface area contributed by atoms with Crippen LogP contribution in [0.1, 0.15) is 83.1 Å². The summed E-state index contributed by atoms with van der Waals surface area (Å²) in [6.45, 7) is 5.25. The Hall–Kier alpha value is -1.02. The Morgan fingerprint density at radius 1 is 1.00 bits per heavy atom. The highest BCUT2D eigenvalue weighted by atomic mass is 16.5. The van der Waals surface area contributed by atoms with Crippen molar-refractivity contribution in [3.63, 3.8) is 0 Å². The number of benzene rings is 1. The molecule has 2 nitrogen and oxygen atoms in total. The number of nitrogens with one attached hydrogen (secondary N) is 1. The molecule has 2 heteroatoms. The summed E-state index contributed by atoms with van der Waals surface area (Å²) in [5.41, 5.74) is 1.34. The summed E-state index contributed by atoms with van der Waals surface area (Å²) < 4.78 is 5.92. The second-order valence-corrected chi connectivity index (χ2v) is 7.40. The van der Waals surface area contributed by atoms with Gasteiger partial charge in [0.15, 0.2) is 0 Å². The normalized spacial score (nSPS) is 15.5. The Bertz CT molecular complexity index is 426. The van der Waals surface area contributed by atoms with E-state index in [1.54, 1.807) is 0 Å². The molecule has 24 heavy (non-hydrogen) atoms. The fourth-order valence-electron chi connectivity index (χ4n) is 3.63. The van der Waals surface area contributed by atoms with Crippen molar-refractivity contribution in [1.29, 1.82) is 0 Å². The Morgan fingerprint density at radius 2 is 1.79 bits per heavy atom. The van der Waals surface area contributed by atoms with Crippen molar-refractivity contribution >= 4 is 0 Å². The highest BCUT2D eigenvalue weighted by molar-refractivity contribution is 5.28. The van der Waals surface area contributed by atoms with E-state index in [1.165, 1.54) is 82.7 Å². The van der Waals surface area contributed by atoms with Gasteiger partial charge in [-0.15, -0.1) is 0 Å². The summed E-state index contributed by atoms with van der Waals surface area (Å²) in [4.78, 5) is 0. The van der Waals surface area contributed by atoms with Crippen LogP contribution in [-0.4, -0.2) is 13.2 Å². The molecule has 0 radical (unpaired) electrons. The molecule has 1 aromatic carbocycles. The van der Waals surface area contributed by atoms with Crippen molar-refractivity contribution in [2.75, 3.05) is 13.2 Å². The molecule has 136 valence electrons. The zero-order valence-corrected chi connectivity index (χ0v) is 15.7. The van der Waals surface area contributed by atoms with Gasteiger partial charge in [-0.1, -0.05) is 70.4 Å². The molecule has 0 unspecified atom stereocenters. The van der Waals surface area contributed by atoms with Crippen LogP contribution in [0.15, 0.2) is 24.3 Å². The first kappa shape index (κ1) is 19.3. The average Bonchev–Trinajstić information content (AvgIpc) is 2.62. The van der Waals surface area contributed by atoms with E-state index in [1.807, 2.05) is 0 Å². The number of rotatable bonds is 12. The van der Waals surface area contributed by atoms with Crippen LogP contribution in [0.2, 0.25) is 0 Å². The Kier molecular flexibility index (Phi) is 9.94. The lowest BCUT2D eigenvalue weighted by Crippen LogP contribution is -2.24. The highest BCUT2D eigenvalue weighted by Gasteiger charge is 2.12. The first-order valence-corrected chi connectivity index (χ1v) is 10.3. The first-order chi connectivity index (χ1) is 11.9. The second kappa shape index (κ2) is 12.4. The smallest absolute Gasteiger partial charge is 0.119 e. The molecule has 0 spiro atoms. The maximum Gasteiger partial charge on any atom is 0.119 e. The minimum Gasteiger partial charge on any atom is -0.494 e. The number of hydrogen-bond donors (Lipinski definition) is 1. The molecule has 1 aliphatic carbocycles. The molecule has 0 amide bonds. The van der Waals surface area contributed by atoms with Gasteiger partial charge in [0.2, 0.25) is 0 Å². The van der Waals surface area contributed by atoms with Crippen molar-refractivity contribution in [2.24, 2.45) is 5.92 Å². The lowest BCUT2D eigenvalue weighted by Gasteiger charge is -2.21. The fraction of sp³-hybridized carbons (Fsp3) is 0.727. The summed E-state index contributed by atoms with van der Waals surface area (Å²) in [6.07, 6.45) is 15.0. The van der Waals surface area contributed by atoms with Crippen LogP contribution >= 0.6 is 0 Å². The lowest BCUT2D eigenvalue weighted by atomic mass is 9.89. The van der Waals surface area contributed by atoms with E-state index in [-0.39, 0.29) is 0 Å². The minimum atomic E-state index is 0.852. The van der Waals surface area contributed by atoms with Gasteiger partial charge in [-0.3, -0.25) is 0 Å². The summed E-state index contributed by atoms with van der Waals surface area (Å²) in [5.74, 6) is 1.92. The first-order valence-electron chi connectivity index (χ1n) is 10.3. The van der Waals surface area contributed by atoms with Crippen LogP contribution in [0.3, 0.4) is 0 Å². The SMILES string of the molecule is CCCCCCCCOc1cccc(CNCC2CCCCC2)c1. The lowest BCUT2D eigenvalue weighted by molar-refractivity contribution is 0.304.